The highest BCUT2D eigenvalue weighted by Gasteiger charge is 2.39. The summed E-state index contributed by atoms with van der Waals surface area (Å²) in [4.78, 5) is 12.0. The fourth-order valence-electron chi connectivity index (χ4n) is 3.62. The van der Waals surface area contributed by atoms with Crippen LogP contribution in [0, 0.1) is 17.8 Å². The number of nitrogens with one attached hydrogen (secondary N) is 1. The summed E-state index contributed by atoms with van der Waals surface area (Å²) in [6.07, 6.45) is 7.04. The average molecular weight is 248 g/mol. The van der Waals surface area contributed by atoms with Crippen molar-refractivity contribution in [2.24, 2.45) is 24.8 Å². The zero-order chi connectivity index (χ0) is 12.7. The lowest BCUT2D eigenvalue weighted by molar-refractivity contribution is 0.0937. The Bertz CT molecular complexity index is 468. The molecule has 3 N–H and O–H groups in total. The molecule has 0 spiro atoms. The number of hydrogen-bond donors (Lipinski definition) is 2. The average Bonchev–Trinajstić information content (AvgIpc) is 3.01. The number of hydrogen-bond acceptors (Lipinski definition) is 3. The van der Waals surface area contributed by atoms with Crippen molar-refractivity contribution in [2.45, 2.75) is 25.7 Å². The maximum Gasteiger partial charge on any atom is 0.273 e. The number of nitrogen functional groups attached to an aromatic ring is 1. The number of rotatable bonds is 3. The second-order valence-corrected chi connectivity index (χ2v) is 5.75. The predicted molar refractivity (Wildman–Crippen MR) is 68.9 cm³/mol. The highest BCUT2D eigenvalue weighted by Crippen LogP contribution is 2.47. The minimum Gasteiger partial charge on any atom is -0.396 e. The quantitative estimate of drug-likeness (QED) is 0.843. The number of aromatic nitrogens is 2. The number of fused-ring (bicyclic) bond motifs is 2. The van der Waals surface area contributed by atoms with Crippen molar-refractivity contribution in [1.29, 1.82) is 0 Å². The Morgan fingerprint density at radius 2 is 2.39 bits per heavy atom. The third-order valence-corrected chi connectivity index (χ3v) is 4.48. The smallest absolute Gasteiger partial charge is 0.273 e. The van der Waals surface area contributed by atoms with E-state index in [0.717, 1.165) is 18.4 Å². The van der Waals surface area contributed by atoms with Gasteiger partial charge in [-0.3, -0.25) is 9.48 Å². The minimum absolute atomic E-state index is 0.143. The molecule has 1 amide bonds. The lowest BCUT2D eigenvalue weighted by atomic mass is 9.89. The molecule has 2 aliphatic carbocycles. The van der Waals surface area contributed by atoms with Crippen molar-refractivity contribution in [3.63, 3.8) is 0 Å². The Morgan fingerprint density at radius 1 is 1.56 bits per heavy atom. The van der Waals surface area contributed by atoms with Gasteiger partial charge in [0.05, 0.1) is 5.69 Å². The van der Waals surface area contributed by atoms with E-state index in [1.807, 2.05) is 0 Å². The first-order valence-corrected chi connectivity index (χ1v) is 6.71. The molecule has 98 valence electrons. The van der Waals surface area contributed by atoms with Gasteiger partial charge in [0.2, 0.25) is 0 Å². The molecule has 0 radical (unpaired) electrons. The van der Waals surface area contributed by atoms with E-state index < -0.39 is 0 Å². The second kappa shape index (κ2) is 4.30. The minimum atomic E-state index is -0.143. The lowest BCUT2D eigenvalue weighted by Gasteiger charge is -2.21. The van der Waals surface area contributed by atoms with Gasteiger partial charge in [-0.15, -0.1) is 0 Å². The molecule has 1 heterocycles. The molecular formula is C13H20N4O. The molecule has 3 rings (SSSR count). The normalized spacial score (nSPS) is 29.7. The number of nitrogens with zero attached hydrogens (tertiary/aromatic N) is 2. The van der Waals surface area contributed by atoms with Gasteiger partial charge in [-0.2, -0.15) is 5.10 Å². The van der Waals surface area contributed by atoms with E-state index in [2.05, 4.69) is 10.4 Å². The number of carbonyl (C=O) groups is 1. The predicted octanol–water partition coefficient (Wildman–Crippen LogP) is 1.17. The monoisotopic (exact) mass is 248 g/mol. The standard InChI is InChI=1S/C13H20N4O/c1-17-7-11(14)12(16-17)13(18)15-6-10-5-8-2-3-9(10)4-8/h7-10H,2-6,14H2,1H3,(H,15,18). The van der Waals surface area contributed by atoms with E-state index in [1.54, 1.807) is 17.9 Å². The van der Waals surface area contributed by atoms with Crippen LogP contribution in [0.5, 0.6) is 0 Å². The first kappa shape index (κ1) is 11.6. The van der Waals surface area contributed by atoms with Crippen molar-refractivity contribution in [2.75, 3.05) is 12.3 Å². The molecule has 1 aromatic rings. The van der Waals surface area contributed by atoms with Gasteiger partial charge < -0.3 is 11.1 Å². The van der Waals surface area contributed by atoms with Crippen LogP contribution in [0.25, 0.3) is 0 Å². The van der Waals surface area contributed by atoms with Crippen LogP contribution in [0.4, 0.5) is 5.69 Å². The van der Waals surface area contributed by atoms with Gasteiger partial charge >= 0.3 is 0 Å². The van der Waals surface area contributed by atoms with Gasteiger partial charge in [0, 0.05) is 19.8 Å². The summed E-state index contributed by atoms with van der Waals surface area (Å²) < 4.78 is 1.57. The molecule has 3 atom stereocenters. The Kier molecular flexibility index (Phi) is 2.76. The molecular weight excluding hydrogens is 228 g/mol. The van der Waals surface area contributed by atoms with Crippen molar-refractivity contribution in [3.8, 4) is 0 Å². The first-order chi connectivity index (χ1) is 8.63. The molecule has 0 aromatic carbocycles. The van der Waals surface area contributed by atoms with Crippen LogP contribution in [0.2, 0.25) is 0 Å². The van der Waals surface area contributed by atoms with Crippen molar-refractivity contribution < 1.29 is 4.79 Å². The number of nitrogens with two attached hydrogens (primary N) is 1. The zero-order valence-electron chi connectivity index (χ0n) is 10.7. The van der Waals surface area contributed by atoms with Crippen LogP contribution >= 0.6 is 0 Å². The number of aryl methyl sites for hydroxylation is 1. The van der Waals surface area contributed by atoms with E-state index in [9.17, 15) is 4.79 Å². The van der Waals surface area contributed by atoms with E-state index >= 15 is 0 Å². The fourth-order valence-corrected chi connectivity index (χ4v) is 3.62. The van der Waals surface area contributed by atoms with E-state index in [-0.39, 0.29) is 5.91 Å². The van der Waals surface area contributed by atoms with Crippen LogP contribution < -0.4 is 11.1 Å². The van der Waals surface area contributed by atoms with Gasteiger partial charge in [0.15, 0.2) is 5.69 Å². The third-order valence-electron chi connectivity index (χ3n) is 4.48. The highest BCUT2D eigenvalue weighted by atomic mass is 16.2. The van der Waals surface area contributed by atoms with E-state index in [4.69, 9.17) is 5.73 Å². The molecule has 2 aliphatic rings. The van der Waals surface area contributed by atoms with Gasteiger partial charge in [0.25, 0.3) is 5.91 Å². The Labute approximate surface area is 107 Å². The Balaban J connectivity index is 1.57. The summed E-state index contributed by atoms with van der Waals surface area (Å²) in [5, 5.41) is 7.07. The van der Waals surface area contributed by atoms with Crippen molar-refractivity contribution in [1.82, 2.24) is 15.1 Å². The molecule has 2 fully saturated rings. The molecule has 18 heavy (non-hydrogen) atoms. The number of anilines is 1. The molecule has 0 aliphatic heterocycles. The van der Waals surface area contributed by atoms with Gasteiger partial charge in [-0.1, -0.05) is 6.42 Å². The fraction of sp³-hybridized carbons (Fsp3) is 0.692. The van der Waals surface area contributed by atoms with Gasteiger partial charge in [-0.05, 0) is 37.0 Å². The number of carbonyl (C=O) groups excluding carboxylic acids is 1. The lowest BCUT2D eigenvalue weighted by Crippen LogP contribution is -2.32. The molecule has 5 nitrogen and oxygen atoms in total. The highest BCUT2D eigenvalue weighted by molar-refractivity contribution is 5.96. The van der Waals surface area contributed by atoms with Gasteiger partial charge in [0.1, 0.15) is 0 Å². The Morgan fingerprint density at radius 3 is 2.94 bits per heavy atom. The van der Waals surface area contributed by atoms with E-state index in [1.165, 1.54) is 25.7 Å². The Hall–Kier alpha value is -1.52. The van der Waals surface area contributed by atoms with Crippen molar-refractivity contribution >= 4 is 11.6 Å². The summed E-state index contributed by atoms with van der Waals surface area (Å²) in [5.41, 5.74) is 6.54. The van der Waals surface area contributed by atoms with Gasteiger partial charge in [-0.25, -0.2) is 0 Å². The summed E-state index contributed by atoms with van der Waals surface area (Å²) in [6.45, 7) is 0.774. The first-order valence-electron chi connectivity index (χ1n) is 6.71. The summed E-state index contributed by atoms with van der Waals surface area (Å²) in [5.74, 6) is 2.27. The molecule has 3 unspecified atom stereocenters. The molecule has 5 heteroatoms. The molecule has 2 bridgehead atoms. The van der Waals surface area contributed by atoms with Crippen LogP contribution in [0.15, 0.2) is 6.20 Å². The third kappa shape index (κ3) is 1.98. The largest absolute Gasteiger partial charge is 0.396 e. The summed E-state index contributed by atoms with van der Waals surface area (Å²) >= 11 is 0. The molecule has 2 saturated carbocycles. The summed E-state index contributed by atoms with van der Waals surface area (Å²) in [6, 6.07) is 0. The topological polar surface area (TPSA) is 72.9 Å². The SMILES string of the molecule is Cn1cc(N)c(C(=O)NCC2CC3CCC2C3)n1. The van der Waals surface area contributed by atoms with Crippen LogP contribution in [-0.2, 0) is 7.05 Å². The zero-order valence-corrected chi connectivity index (χ0v) is 10.7. The second-order valence-electron chi connectivity index (χ2n) is 5.75. The molecule has 0 saturated heterocycles. The maximum atomic E-state index is 12.0. The summed E-state index contributed by atoms with van der Waals surface area (Å²) in [7, 11) is 1.77. The van der Waals surface area contributed by atoms with Crippen LogP contribution in [0.3, 0.4) is 0 Å². The van der Waals surface area contributed by atoms with Crippen molar-refractivity contribution in [3.05, 3.63) is 11.9 Å². The number of amides is 1. The van der Waals surface area contributed by atoms with E-state index in [0.29, 0.717) is 17.3 Å². The van der Waals surface area contributed by atoms with Crippen LogP contribution in [0.1, 0.15) is 36.2 Å². The molecule has 1 aromatic heterocycles. The van der Waals surface area contributed by atoms with Crippen LogP contribution in [-0.4, -0.2) is 22.2 Å². The maximum absolute atomic E-state index is 12.0.